The van der Waals surface area contributed by atoms with Gasteiger partial charge in [-0.25, -0.2) is 5.06 Å². The molecule has 2 aliphatic heterocycles. The van der Waals surface area contributed by atoms with Crippen LogP contribution in [0.1, 0.15) is 44.9 Å². The van der Waals surface area contributed by atoms with Crippen molar-refractivity contribution in [1.29, 1.82) is 0 Å². The lowest BCUT2D eigenvalue weighted by molar-refractivity contribution is -0.154. The molecule has 0 radical (unpaired) electrons. The lowest BCUT2D eigenvalue weighted by Gasteiger charge is -2.38. The summed E-state index contributed by atoms with van der Waals surface area (Å²) in [5.41, 5.74) is 5.02. The molecular formula is C21H31ClFN7O3. The first-order valence-electron chi connectivity index (χ1n) is 11.6. The number of nitrogens with one attached hydrogen (secondary N) is 2. The van der Waals surface area contributed by atoms with E-state index in [0.29, 0.717) is 36.5 Å². The lowest BCUT2D eigenvalue weighted by atomic mass is 9.92. The van der Waals surface area contributed by atoms with E-state index in [1.54, 1.807) is 0 Å². The van der Waals surface area contributed by atoms with Crippen LogP contribution in [-0.2, 0) is 9.59 Å². The van der Waals surface area contributed by atoms with E-state index < -0.39 is 17.6 Å². The Labute approximate surface area is 197 Å². The van der Waals surface area contributed by atoms with E-state index in [2.05, 4.69) is 25.7 Å². The molecule has 1 saturated carbocycles. The van der Waals surface area contributed by atoms with Gasteiger partial charge in [0.25, 0.3) is 0 Å². The van der Waals surface area contributed by atoms with E-state index in [0.717, 1.165) is 51.6 Å². The second-order valence-corrected chi connectivity index (χ2v) is 9.52. The summed E-state index contributed by atoms with van der Waals surface area (Å²) < 4.78 is 15.3. The Kier molecular flexibility index (Phi) is 7.82. The Morgan fingerprint density at radius 3 is 2.79 bits per heavy atom. The van der Waals surface area contributed by atoms with Crippen LogP contribution in [0.3, 0.4) is 0 Å². The monoisotopic (exact) mass is 483 g/mol. The van der Waals surface area contributed by atoms with Crippen LogP contribution in [0.4, 0.5) is 16.0 Å². The molecule has 12 heteroatoms. The van der Waals surface area contributed by atoms with Gasteiger partial charge in [0.2, 0.25) is 23.4 Å². The molecule has 182 valence electrons. The minimum atomic E-state index is -0.685. The zero-order chi connectivity index (χ0) is 23.4. The number of hydrogen-bond donors (Lipinski definition) is 3. The highest BCUT2D eigenvalue weighted by Gasteiger charge is 2.33. The molecule has 10 nitrogen and oxygen atoms in total. The third-order valence-corrected chi connectivity index (χ3v) is 7.16. The van der Waals surface area contributed by atoms with Crippen LogP contribution in [0.2, 0.25) is 5.28 Å². The van der Waals surface area contributed by atoms with Gasteiger partial charge in [-0.2, -0.15) is 14.4 Å². The summed E-state index contributed by atoms with van der Waals surface area (Å²) >= 11 is 6.07. The van der Waals surface area contributed by atoms with Crippen molar-refractivity contribution in [1.82, 2.24) is 25.4 Å². The fourth-order valence-corrected chi connectivity index (χ4v) is 5.45. The van der Waals surface area contributed by atoms with Crippen LogP contribution in [0.15, 0.2) is 0 Å². The zero-order valence-electron chi connectivity index (χ0n) is 18.6. The molecule has 0 spiro atoms. The molecule has 4 rings (SSSR count). The van der Waals surface area contributed by atoms with Crippen molar-refractivity contribution in [3.8, 4) is 0 Å². The van der Waals surface area contributed by atoms with Crippen molar-refractivity contribution < 1.29 is 19.2 Å². The summed E-state index contributed by atoms with van der Waals surface area (Å²) in [5, 5.41) is 9.96. The number of hydrazine groups is 1. The van der Waals surface area contributed by atoms with Crippen LogP contribution >= 0.6 is 11.6 Å². The predicted molar refractivity (Wildman–Crippen MR) is 120 cm³/mol. The molecule has 1 aliphatic carbocycles. The minimum Gasteiger partial charge on any atom is -0.351 e. The van der Waals surface area contributed by atoms with Crippen molar-refractivity contribution in [3.05, 3.63) is 11.1 Å². The molecule has 3 N–H and O–H groups in total. The van der Waals surface area contributed by atoms with E-state index >= 15 is 4.39 Å². The van der Waals surface area contributed by atoms with Crippen LogP contribution in [0, 0.1) is 17.7 Å². The molecule has 3 heterocycles. The maximum atomic E-state index is 15.3. The summed E-state index contributed by atoms with van der Waals surface area (Å²) in [6, 6.07) is 0.374. The highest BCUT2D eigenvalue weighted by molar-refractivity contribution is 6.28. The molecule has 3 aliphatic rings. The van der Waals surface area contributed by atoms with Gasteiger partial charge in [-0.15, -0.1) is 0 Å². The number of anilines is 2. The fourth-order valence-electron chi connectivity index (χ4n) is 5.29. The smallest absolute Gasteiger partial charge is 0.243 e. The van der Waals surface area contributed by atoms with Crippen LogP contribution in [0.5, 0.6) is 0 Å². The van der Waals surface area contributed by atoms with Gasteiger partial charge in [-0.05, 0) is 43.3 Å². The molecule has 1 aromatic heterocycles. The summed E-state index contributed by atoms with van der Waals surface area (Å²) in [6.45, 7) is 3.06. The predicted octanol–water partition coefficient (Wildman–Crippen LogP) is 2.04. The minimum absolute atomic E-state index is 0.114. The molecule has 33 heavy (non-hydrogen) atoms. The topological polar surface area (TPSA) is 114 Å². The number of rotatable bonds is 9. The largest absolute Gasteiger partial charge is 0.351 e. The van der Waals surface area contributed by atoms with Gasteiger partial charge < -0.3 is 4.90 Å². The van der Waals surface area contributed by atoms with Gasteiger partial charge in [0, 0.05) is 25.7 Å². The van der Waals surface area contributed by atoms with Crippen molar-refractivity contribution >= 4 is 35.6 Å². The first-order valence-corrected chi connectivity index (χ1v) is 12.0. The summed E-state index contributed by atoms with van der Waals surface area (Å²) in [4.78, 5) is 36.0. The molecule has 2 atom stereocenters. The number of piperazine rings is 1. The molecule has 2 saturated heterocycles. The third kappa shape index (κ3) is 5.82. The number of halogens is 2. The Bertz CT molecular complexity index is 857. The maximum absolute atomic E-state index is 15.3. The Hall–Kier alpha value is -2.24. The van der Waals surface area contributed by atoms with Crippen molar-refractivity contribution in [3.63, 3.8) is 0 Å². The second kappa shape index (κ2) is 10.8. The maximum Gasteiger partial charge on any atom is 0.243 e. The first-order chi connectivity index (χ1) is 15.9. The first kappa shape index (κ1) is 23.9. The van der Waals surface area contributed by atoms with E-state index in [-0.39, 0.29) is 29.9 Å². The summed E-state index contributed by atoms with van der Waals surface area (Å²) in [5.74, 6) is -1.54. The van der Waals surface area contributed by atoms with Crippen LogP contribution in [0.25, 0.3) is 0 Å². The van der Waals surface area contributed by atoms with E-state index in [4.69, 9.17) is 11.6 Å². The molecular weight excluding hydrogens is 453 g/mol. The molecule has 3 fully saturated rings. The Balaban J connectivity index is 1.42. The quantitative estimate of drug-likeness (QED) is 0.212. The molecule has 1 aromatic rings. The van der Waals surface area contributed by atoms with E-state index in [9.17, 15) is 14.8 Å². The number of hydroxylamine groups is 2. The average molecular weight is 484 g/mol. The SMILES string of the molecule is O=CN(O)CC(CC1CCCC1)C(=O)NNc1nc(Cl)nc(N2CCN3CCC[C@H]3C2)c1F. The number of aromatic nitrogens is 2. The van der Waals surface area contributed by atoms with E-state index in [1.807, 2.05) is 4.90 Å². The standard InChI is InChI=1S/C21H31ClFN7O3/c22-21-24-18(17(23)19(25-21)29-9-8-28-7-3-6-16(28)12-29)26-27-20(32)15(11-30(33)13-31)10-14-4-1-2-5-14/h13-16,33H,1-12H2,(H,27,32)(H,24,25,26)/t15?,16-/m0/s1. The van der Waals surface area contributed by atoms with Gasteiger partial charge in [0.05, 0.1) is 12.5 Å². The van der Waals surface area contributed by atoms with Gasteiger partial charge in [-0.1, -0.05) is 25.7 Å². The highest BCUT2D eigenvalue weighted by atomic mass is 35.5. The molecule has 2 amide bonds. The van der Waals surface area contributed by atoms with Gasteiger partial charge >= 0.3 is 0 Å². The van der Waals surface area contributed by atoms with Gasteiger partial charge in [-0.3, -0.25) is 30.5 Å². The highest BCUT2D eigenvalue weighted by Crippen LogP contribution is 2.31. The average Bonchev–Trinajstić information content (AvgIpc) is 3.50. The van der Waals surface area contributed by atoms with Gasteiger partial charge in [0.15, 0.2) is 11.6 Å². The van der Waals surface area contributed by atoms with Crippen molar-refractivity contribution in [2.75, 3.05) is 43.0 Å². The van der Waals surface area contributed by atoms with Crippen LogP contribution in [-0.4, -0.2) is 76.2 Å². The normalized spacial score (nSPS) is 22.2. The van der Waals surface area contributed by atoms with E-state index in [1.165, 1.54) is 0 Å². The molecule has 1 unspecified atom stereocenters. The third-order valence-electron chi connectivity index (χ3n) is 6.99. The lowest BCUT2D eigenvalue weighted by Crippen LogP contribution is -2.50. The number of carbonyl (C=O) groups is 2. The van der Waals surface area contributed by atoms with Gasteiger partial charge in [0.1, 0.15) is 0 Å². The fraction of sp³-hybridized carbons (Fsp3) is 0.714. The number of hydrogen-bond acceptors (Lipinski definition) is 8. The Morgan fingerprint density at radius 2 is 2.03 bits per heavy atom. The zero-order valence-corrected chi connectivity index (χ0v) is 19.3. The van der Waals surface area contributed by atoms with Crippen molar-refractivity contribution in [2.45, 2.75) is 51.0 Å². The molecule has 0 bridgehead atoms. The van der Waals surface area contributed by atoms with Crippen LogP contribution < -0.4 is 15.8 Å². The number of amides is 2. The number of nitrogens with zero attached hydrogens (tertiary/aromatic N) is 5. The van der Waals surface area contributed by atoms with Crippen molar-refractivity contribution in [2.24, 2.45) is 11.8 Å². The summed E-state index contributed by atoms with van der Waals surface area (Å²) in [7, 11) is 0. The Morgan fingerprint density at radius 1 is 1.24 bits per heavy atom. The number of fused-ring (bicyclic) bond motifs is 1. The number of carbonyl (C=O) groups excluding carboxylic acids is 2. The summed E-state index contributed by atoms with van der Waals surface area (Å²) in [6.07, 6.45) is 7.25. The second-order valence-electron chi connectivity index (χ2n) is 9.18. The molecule has 0 aromatic carbocycles.